The molecule has 2 rings (SSSR count). The number of benzene rings is 1. The van der Waals surface area contributed by atoms with Gasteiger partial charge in [-0.3, -0.25) is 4.68 Å². The zero-order valence-corrected chi connectivity index (χ0v) is 19.1. The number of anilines is 2. The summed E-state index contributed by atoms with van der Waals surface area (Å²) >= 11 is 0. The predicted octanol–water partition coefficient (Wildman–Crippen LogP) is 3.86. The lowest BCUT2D eigenvalue weighted by Crippen LogP contribution is -2.44. The third kappa shape index (κ3) is 6.09. The molecule has 0 saturated carbocycles. The van der Waals surface area contributed by atoms with Crippen LogP contribution in [0.5, 0.6) is 0 Å². The molecule has 0 aliphatic rings. The van der Waals surface area contributed by atoms with Crippen LogP contribution in [0.3, 0.4) is 0 Å². The number of hydrogen-bond donors (Lipinski definition) is 1. The van der Waals surface area contributed by atoms with Gasteiger partial charge in [-0.05, 0) is 67.8 Å². The van der Waals surface area contributed by atoms with E-state index in [9.17, 15) is 9.59 Å². The lowest BCUT2D eigenvalue weighted by Gasteiger charge is -2.29. The molecule has 0 aliphatic carbocycles. The second-order valence-electron chi connectivity index (χ2n) is 9.44. The normalized spacial score (nSPS) is 12.3. The molecule has 0 spiro atoms. The van der Waals surface area contributed by atoms with Crippen LogP contribution in [0, 0.1) is 0 Å². The zero-order valence-electron chi connectivity index (χ0n) is 19.1. The highest BCUT2D eigenvalue weighted by atomic mass is 16.6. The van der Waals surface area contributed by atoms with Crippen LogP contribution in [0.2, 0.25) is 0 Å². The van der Waals surface area contributed by atoms with Gasteiger partial charge in [0.2, 0.25) is 0 Å². The fraction of sp³-hybridized carbons (Fsp3) is 0.571. The number of hydrogen-bond acceptors (Lipinski definition) is 7. The van der Waals surface area contributed by atoms with Crippen LogP contribution in [0.15, 0.2) is 18.3 Å². The SMILES string of the molecule is CN(C)CCn1ncc2cc(N)cc(N(C(=O)OC(C)(C)C)C(=O)OC(C)(C)C)c21. The monoisotopic (exact) mass is 419 g/mol. The van der Waals surface area contributed by atoms with E-state index >= 15 is 0 Å². The van der Waals surface area contributed by atoms with Gasteiger partial charge in [0.05, 0.1) is 23.9 Å². The standard InChI is InChI=1S/C21H33N5O4/c1-20(2,3)29-18(27)26(19(28)30-21(4,5)6)16-12-15(22)11-14-13-23-25(17(14)16)10-9-24(7)8/h11-13H,9-10,22H2,1-8H3. The van der Waals surface area contributed by atoms with Crippen LogP contribution in [0.25, 0.3) is 10.9 Å². The molecule has 1 aromatic carbocycles. The molecule has 0 aliphatic heterocycles. The number of nitrogens with zero attached hydrogens (tertiary/aromatic N) is 4. The Labute approximate surface area is 177 Å². The fourth-order valence-corrected chi connectivity index (χ4v) is 2.75. The zero-order chi connectivity index (χ0) is 22.9. The molecule has 0 radical (unpaired) electrons. The highest BCUT2D eigenvalue weighted by molar-refractivity contribution is 6.15. The van der Waals surface area contributed by atoms with Crippen molar-refractivity contribution in [1.82, 2.24) is 14.7 Å². The fourth-order valence-electron chi connectivity index (χ4n) is 2.75. The Morgan fingerprint density at radius 2 is 1.57 bits per heavy atom. The Hall–Kier alpha value is -2.81. The summed E-state index contributed by atoms with van der Waals surface area (Å²) < 4.78 is 12.7. The second kappa shape index (κ2) is 8.51. The van der Waals surface area contributed by atoms with Gasteiger partial charge in [0.15, 0.2) is 0 Å². The molecule has 9 nitrogen and oxygen atoms in total. The first-order chi connectivity index (χ1) is 13.7. The number of imide groups is 1. The van der Waals surface area contributed by atoms with Gasteiger partial charge in [0, 0.05) is 17.6 Å². The molecule has 0 saturated heterocycles. The summed E-state index contributed by atoms with van der Waals surface area (Å²) in [5.41, 5.74) is 5.72. The Balaban J connectivity index is 2.64. The minimum absolute atomic E-state index is 0.268. The van der Waals surface area contributed by atoms with Crippen LogP contribution in [0.1, 0.15) is 41.5 Å². The van der Waals surface area contributed by atoms with Crippen molar-refractivity contribution in [2.75, 3.05) is 31.3 Å². The molecule has 166 valence electrons. The Bertz CT molecular complexity index is 894. The minimum Gasteiger partial charge on any atom is -0.443 e. The molecule has 30 heavy (non-hydrogen) atoms. The molecular formula is C21H33N5O4. The van der Waals surface area contributed by atoms with Gasteiger partial charge in [-0.2, -0.15) is 10.00 Å². The van der Waals surface area contributed by atoms with E-state index in [2.05, 4.69) is 5.10 Å². The maximum absolute atomic E-state index is 13.1. The highest BCUT2D eigenvalue weighted by Gasteiger charge is 2.34. The van der Waals surface area contributed by atoms with Crippen molar-refractivity contribution in [3.05, 3.63) is 18.3 Å². The quantitative estimate of drug-likeness (QED) is 0.751. The van der Waals surface area contributed by atoms with E-state index in [1.165, 1.54) is 0 Å². The molecule has 9 heteroatoms. The Kier molecular flexibility index (Phi) is 6.66. The van der Waals surface area contributed by atoms with E-state index in [0.717, 1.165) is 11.4 Å². The van der Waals surface area contributed by atoms with Gasteiger partial charge < -0.3 is 20.1 Å². The van der Waals surface area contributed by atoms with Crippen LogP contribution < -0.4 is 10.6 Å². The van der Waals surface area contributed by atoms with Crippen molar-refractivity contribution in [3.63, 3.8) is 0 Å². The first-order valence-corrected chi connectivity index (χ1v) is 9.84. The number of rotatable bonds is 4. The van der Waals surface area contributed by atoms with Gasteiger partial charge in [0.25, 0.3) is 0 Å². The summed E-state index contributed by atoms with van der Waals surface area (Å²) in [5.74, 6) is 0. The maximum atomic E-state index is 13.1. The van der Waals surface area contributed by atoms with Crippen molar-refractivity contribution >= 4 is 34.5 Å². The van der Waals surface area contributed by atoms with Crippen molar-refractivity contribution in [2.45, 2.75) is 59.3 Å². The smallest absolute Gasteiger partial charge is 0.424 e. The molecule has 2 N–H and O–H groups in total. The van der Waals surface area contributed by atoms with Crippen molar-refractivity contribution < 1.29 is 19.1 Å². The summed E-state index contributed by atoms with van der Waals surface area (Å²) in [7, 11) is 3.91. The van der Waals surface area contributed by atoms with Gasteiger partial charge in [0.1, 0.15) is 11.2 Å². The van der Waals surface area contributed by atoms with Crippen LogP contribution in [-0.4, -0.2) is 58.7 Å². The van der Waals surface area contributed by atoms with Crippen LogP contribution >= 0.6 is 0 Å². The largest absolute Gasteiger partial charge is 0.443 e. The first kappa shape index (κ1) is 23.5. The van der Waals surface area contributed by atoms with Gasteiger partial charge in [-0.25, -0.2) is 9.59 Å². The number of nitrogens with two attached hydrogens (primary N) is 1. The second-order valence-corrected chi connectivity index (χ2v) is 9.44. The molecule has 0 fully saturated rings. The molecule has 0 bridgehead atoms. The molecule has 1 heterocycles. The van der Waals surface area contributed by atoms with E-state index < -0.39 is 23.4 Å². The van der Waals surface area contributed by atoms with Gasteiger partial charge in [-0.15, -0.1) is 0 Å². The van der Waals surface area contributed by atoms with E-state index in [1.54, 1.807) is 64.6 Å². The number of carbonyl (C=O) groups is 2. The summed E-state index contributed by atoms with van der Waals surface area (Å²) in [6.45, 7) is 11.7. The summed E-state index contributed by atoms with van der Waals surface area (Å²) in [4.78, 5) is 29.0. The van der Waals surface area contributed by atoms with E-state index in [1.807, 2.05) is 19.0 Å². The summed E-state index contributed by atoms with van der Waals surface area (Å²) in [6.07, 6.45) is -0.0271. The summed E-state index contributed by atoms with van der Waals surface area (Å²) in [6, 6.07) is 3.31. The molecule has 1 aromatic heterocycles. The van der Waals surface area contributed by atoms with Gasteiger partial charge >= 0.3 is 12.2 Å². The molecule has 2 amide bonds. The molecule has 0 atom stereocenters. The van der Waals surface area contributed by atoms with Crippen molar-refractivity contribution in [1.29, 1.82) is 0 Å². The number of fused-ring (bicyclic) bond motifs is 1. The third-order valence-corrected chi connectivity index (χ3v) is 3.89. The lowest BCUT2D eigenvalue weighted by atomic mass is 10.1. The number of aromatic nitrogens is 2. The van der Waals surface area contributed by atoms with E-state index in [0.29, 0.717) is 23.1 Å². The average molecular weight is 420 g/mol. The summed E-state index contributed by atoms with van der Waals surface area (Å²) in [5, 5.41) is 5.13. The van der Waals surface area contributed by atoms with Crippen LogP contribution in [-0.2, 0) is 16.0 Å². The topological polar surface area (TPSA) is 103 Å². The van der Waals surface area contributed by atoms with Crippen molar-refractivity contribution in [3.8, 4) is 0 Å². The number of likely N-dealkylation sites (N-methyl/N-ethyl adjacent to an activating group) is 1. The third-order valence-electron chi connectivity index (χ3n) is 3.89. The first-order valence-electron chi connectivity index (χ1n) is 9.84. The van der Waals surface area contributed by atoms with Crippen molar-refractivity contribution in [2.24, 2.45) is 0 Å². The number of ether oxygens (including phenoxy) is 2. The average Bonchev–Trinajstić information content (AvgIpc) is 2.92. The lowest BCUT2D eigenvalue weighted by molar-refractivity contribution is 0.0431. The number of amides is 2. The molecule has 2 aromatic rings. The molecule has 0 unspecified atom stereocenters. The van der Waals surface area contributed by atoms with E-state index in [4.69, 9.17) is 15.2 Å². The van der Waals surface area contributed by atoms with Crippen LogP contribution in [0.4, 0.5) is 21.0 Å². The number of carbonyl (C=O) groups excluding carboxylic acids is 2. The maximum Gasteiger partial charge on any atom is 0.424 e. The number of nitrogen functional groups attached to an aromatic ring is 1. The van der Waals surface area contributed by atoms with E-state index in [-0.39, 0.29) is 5.69 Å². The van der Waals surface area contributed by atoms with Gasteiger partial charge in [-0.1, -0.05) is 0 Å². The Morgan fingerprint density at radius 3 is 2.03 bits per heavy atom. The Morgan fingerprint density at radius 1 is 1.03 bits per heavy atom. The highest BCUT2D eigenvalue weighted by Crippen LogP contribution is 2.32. The predicted molar refractivity (Wildman–Crippen MR) is 118 cm³/mol. The minimum atomic E-state index is -0.844. The molecular weight excluding hydrogens is 386 g/mol.